The van der Waals surface area contributed by atoms with E-state index in [9.17, 15) is 0 Å². The number of aromatic amines is 1. The van der Waals surface area contributed by atoms with Crippen molar-refractivity contribution in [2.45, 2.75) is 26.4 Å². The minimum absolute atomic E-state index is 0.351. The fourth-order valence-electron chi connectivity index (χ4n) is 2.62. The number of aryl methyl sites for hydroxylation is 1. The molecule has 0 aliphatic rings. The monoisotopic (exact) mass is 264 g/mol. The van der Waals surface area contributed by atoms with Gasteiger partial charge in [0.25, 0.3) is 0 Å². The van der Waals surface area contributed by atoms with Crippen LogP contribution in [0.1, 0.15) is 29.7 Å². The van der Waals surface area contributed by atoms with Gasteiger partial charge in [-0.1, -0.05) is 42.0 Å². The number of H-pyrrole nitrogens is 1. The molecule has 2 N–H and O–H groups in total. The average Bonchev–Trinajstić information content (AvgIpc) is 2.93. The summed E-state index contributed by atoms with van der Waals surface area (Å²) in [6.45, 7) is 5.23. The number of hydrogen-bond donors (Lipinski definition) is 2. The molecule has 0 bridgehead atoms. The van der Waals surface area contributed by atoms with E-state index < -0.39 is 0 Å². The molecule has 0 radical (unpaired) electrons. The Morgan fingerprint density at radius 3 is 2.80 bits per heavy atom. The zero-order valence-corrected chi connectivity index (χ0v) is 12.0. The van der Waals surface area contributed by atoms with Gasteiger partial charge in [-0.3, -0.25) is 0 Å². The topological polar surface area (TPSA) is 27.8 Å². The van der Waals surface area contributed by atoms with Gasteiger partial charge in [0.1, 0.15) is 0 Å². The third-order valence-electron chi connectivity index (χ3n) is 3.83. The molecular formula is C18H20N2. The number of hydrogen-bond acceptors (Lipinski definition) is 1. The Balaban J connectivity index is 1.74. The molecule has 2 nitrogen and oxygen atoms in total. The first-order valence-corrected chi connectivity index (χ1v) is 7.09. The van der Waals surface area contributed by atoms with Gasteiger partial charge in [-0.2, -0.15) is 0 Å². The first-order chi connectivity index (χ1) is 9.74. The van der Waals surface area contributed by atoms with Crippen molar-refractivity contribution in [3.8, 4) is 0 Å². The summed E-state index contributed by atoms with van der Waals surface area (Å²) < 4.78 is 0. The molecule has 0 unspecified atom stereocenters. The second-order valence-electron chi connectivity index (χ2n) is 5.37. The molecule has 0 spiro atoms. The van der Waals surface area contributed by atoms with Crippen molar-refractivity contribution >= 4 is 10.9 Å². The van der Waals surface area contributed by atoms with Gasteiger partial charge in [-0.15, -0.1) is 0 Å². The van der Waals surface area contributed by atoms with Gasteiger partial charge in [0.15, 0.2) is 0 Å². The van der Waals surface area contributed by atoms with E-state index in [0.29, 0.717) is 6.04 Å². The molecule has 2 aromatic carbocycles. The van der Waals surface area contributed by atoms with Crippen LogP contribution in [0.2, 0.25) is 0 Å². The molecule has 1 atom stereocenters. The molecule has 2 heteroatoms. The zero-order valence-electron chi connectivity index (χ0n) is 12.0. The highest BCUT2D eigenvalue weighted by Crippen LogP contribution is 2.19. The lowest BCUT2D eigenvalue weighted by atomic mass is 10.0. The molecule has 0 saturated carbocycles. The Bertz CT molecular complexity index is 712. The van der Waals surface area contributed by atoms with Gasteiger partial charge in [0.05, 0.1) is 0 Å². The predicted octanol–water partition coefficient (Wildman–Crippen LogP) is 4.33. The van der Waals surface area contributed by atoms with Gasteiger partial charge >= 0.3 is 0 Å². The van der Waals surface area contributed by atoms with E-state index in [2.05, 4.69) is 72.7 Å². The zero-order chi connectivity index (χ0) is 13.9. The summed E-state index contributed by atoms with van der Waals surface area (Å²) in [6.07, 6.45) is 2.00. The lowest BCUT2D eigenvalue weighted by Crippen LogP contribution is -2.18. The molecule has 3 rings (SSSR count). The summed E-state index contributed by atoms with van der Waals surface area (Å²) in [4.78, 5) is 3.26. The van der Waals surface area contributed by atoms with Gasteiger partial charge in [-0.25, -0.2) is 0 Å². The average molecular weight is 264 g/mol. The van der Waals surface area contributed by atoms with E-state index in [1.54, 1.807) is 0 Å². The molecule has 102 valence electrons. The van der Waals surface area contributed by atoms with Crippen molar-refractivity contribution in [1.82, 2.24) is 10.3 Å². The maximum Gasteiger partial charge on any atom is 0.0457 e. The fraction of sp³-hybridized carbons (Fsp3) is 0.222. The largest absolute Gasteiger partial charge is 0.361 e. The Kier molecular flexibility index (Phi) is 3.57. The highest BCUT2D eigenvalue weighted by atomic mass is 14.9. The third-order valence-corrected chi connectivity index (χ3v) is 3.83. The van der Waals surface area contributed by atoms with Crippen LogP contribution in [-0.4, -0.2) is 4.98 Å². The molecule has 1 aromatic heterocycles. The Hall–Kier alpha value is -2.06. The second kappa shape index (κ2) is 5.51. The standard InChI is InChI=1S/C18H20N2/c1-13-5-3-6-15(11-13)14(2)20-12-16-7-4-8-18-17(16)9-10-19-18/h3-11,14,19-20H,12H2,1-2H3/t14-/m1/s1. The van der Waals surface area contributed by atoms with Gasteiger partial charge < -0.3 is 10.3 Å². The molecule has 0 aliphatic heterocycles. The lowest BCUT2D eigenvalue weighted by molar-refractivity contribution is 0.576. The van der Waals surface area contributed by atoms with Crippen LogP contribution in [0.15, 0.2) is 54.7 Å². The van der Waals surface area contributed by atoms with Crippen molar-refractivity contribution in [1.29, 1.82) is 0 Å². The molecule has 0 aliphatic carbocycles. The third kappa shape index (κ3) is 2.61. The SMILES string of the molecule is Cc1cccc([C@@H](C)NCc2cccc3[nH]ccc23)c1. The number of fused-ring (bicyclic) bond motifs is 1. The van der Waals surface area contributed by atoms with Crippen molar-refractivity contribution in [3.63, 3.8) is 0 Å². The van der Waals surface area contributed by atoms with E-state index in [-0.39, 0.29) is 0 Å². The molecule has 0 amide bonds. The molecule has 20 heavy (non-hydrogen) atoms. The van der Waals surface area contributed by atoms with Gasteiger partial charge in [0, 0.05) is 29.7 Å². The van der Waals surface area contributed by atoms with Gasteiger partial charge in [-0.05, 0) is 37.1 Å². The van der Waals surface area contributed by atoms with Crippen molar-refractivity contribution in [2.24, 2.45) is 0 Å². The number of benzene rings is 2. The van der Waals surface area contributed by atoms with Crippen LogP contribution in [0.25, 0.3) is 10.9 Å². The van der Waals surface area contributed by atoms with Gasteiger partial charge in [0.2, 0.25) is 0 Å². The maximum atomic E-state index is 3.61. The summed E-state index contributed by atoms with van der Waals surface area (Å²) >= 11 is 0. The second-order valence-corrected chi connectivity index (χ2v) is 5.37. The van der Waals surface area contributed by atoms with Crippen LogP contribution in [0.4, 0.5) is 0 Å². The van der Waals surface area contributed by atoms with E-state index in [0.717, 1.165) is 6.54 Å². The summed E-state index contributed by atoms with van der Waals surface area (Å²) in [5, 5.41) is 4.91. The normalized spacial score (nSPS) is 12.7. The van der Waals surface area contributed by atoms with E-state index >= 15 is 0 Å². The Labute approximate surface area is 119 Å². The number of nitrogens with one attached hydrogen (secondary N) is 2. The first kappa shape index (κ1) is 12.9. The number of rotatable bonds is 4. The summed E-state index contributed by atoms with van der Waals surface area (Å²) in [5.41, 5.74) is 5.19. The predicted molar refractivity (Wildman–Crippen MR) is 84.7 cm³/mol. The molecule has 1 heterocycles. The highest BCUT2D eigenvalue weighted by Gasteiger charge is 2.06. The van der Waals surface area contributed by atoms with Crippen LogP contribution >= 0.6 is 0 Å². The Morgan fingerprint density at radius 1 is 1.10 bits per heavy atom. The minimum Gasteiger partial charge on any atom is -0.361 e. The fourth-order valence-corrected chi connectivity index (χ4v) is 2.62. The first-order valence-electron chi connectivity index (χ1n) is 7.09. The van der Waals surface area contributed by atoms with Crippen LogP contribution in [0.5, 0.6) is 0 Å². The van der Waals surface area contributed by atoms with Crippen molar-refractivity contribution in [2.75, 3.05) is 0 Å². The van der Waals surface area contributed by atoms with Crippen molar-refractivity contribution < 1.29 is 0 Å². The van der Waals surface area contributed by atoms with Crippen LogP contribution in [0.3, 0.4) is 0 Å². The number of aromatic nitrogens is 1. The van der Waals surface area contributed by atoms with Crippen LogP contribution in [-0.2, 0) is 6.54 Å². The molecule has 3 aromatic rings. The Morgan fingerprint density at radius 2 is 1.95 bits per heavy atom. The summed E-state index contributed by atoms with van der Waals surface area (Å²) in [7, 11) is 0. The smallest absolute Gasteiger partial charge is 0.0457 e. The summed E-state index contributed by atoms with van der Waals surface area (Å²) in [6, 6.07) is 17.6. The van der Waals surface area contributed by atoms with Crippen LogP contribution < -0.4 is 5.32 Å². The highest BCUT2D eigenvalue weighted by molar-refractivity contribution is 5.82. The quantitative estimate of drug-likeness (QED) is 0.721. The molecule has 0 saturated heterocycles. The maximum absolute atomic E-state index is 3.61. The van der Waals surface area contributed by atoms with E-state index in [1.807, 2.05) is 6.20 Å². The molecule has 0 fully saturated rings. The van der Waals surface area contributed by atoms with Crippen molar-refractivity contribution in [3.05, 3.63) is 71.4 Å². The van der Waals surface area contributed by atoms with E-state index in [4.69, 9.17) is 0 Å². The molecular weight excluding hydrogens is 244 g/mol. The summed E-state index contributed by atoms with van der Waals surface area (Å²) in [5.74, 6) is 0. The minimum atomic E-state index is 0.351. The van der Waals surface area contributed by atoms with Crippen LogP contribution in [0, 0.1) is 6.92 Å². The lowest BCUT2D eigenvalue weighted by Gasteiger charge is -2.15. The van der Waals surface area contributed by atoms with E-state index in [1.165, 1.54) is 27.6 Å².